The maximum Gasteiger partial charge on any atom is 0.191 e. The molecule has 5 unspecified atom stereocenters. The summed E-state index contributed by atoms with van der Waals surface area (Å²) >= 11 is 6.21. The molecule has 0 aromatic heterocycles. The van der Waals surface area contributed by atoms with Crippen LogP contribution in [0.1, 0.15) is 45.1 Å². The van der Waals surface area contributed by atoms with Gasteiger partial charge in [-0.1, -0.05) is 31.5 Å². The average molecular weight is 380 g/mol. The zero-order chi connectivity index (χ0) is 18.5. The first-order valence-corrected chi connectivity index (χ1v) is 9.94. The van der Waals surface area contributed by atoms with Crippen LogP contribution in [-0.2, 0) is 4.74 Å². The molecular weight excluding hydrogens is 353 g/mol. The van der Waals surface area contributed by atoms with Gasteiger partial charge in [-0.3, -0.25) is 4.99 Å². The van der Waals surface area contributed by atoms with Crippen LogP contribution in [0.2, 0.25) is 5.02 Å². The summed E-state index contributed by atoms with van der Waals surface area (Å²) in [5, 5.41) is 7.61. The second-order valence-electron chi connectivity index (χ2n) is 8.24. The van der Waals surface area contributed by atoms with Gasteiger partial charge in [0.05, 0.1) is 6.10 Å². The van der Waals surface area contributed by atoms with Gasteiger partial charge in [0, 0.05) is 53.1 Å². The molecule has 2 aliphatic carbocycles. The molecule has 5 atom stereocenters. The molecule has 2 N–H and O–H groups in total. The van der Waals surface area contributed by atoms with E-state index in [4.69, 9.17) is 16.3 Å². The lowest BCUT2D eigenvalue weighted by Gasteiger charge is -2.55. The van der Waals surface area contributed by atoms with E-state index in [1.807, 2.05) is 6.92 Å². The molecule has 1 heterocycles. The van der Waals surface area contributed by atoms with Gasteiger partial charge < -0.3 is 15.4 Å². The lowest BCUT2D eigenvalue weighted by Crippen LogP contribution is -2.68. The van der Waals surface area contributed by atoms with Crippen LogP contribution in [-0.4, -0.2) is 37.3 Å². The molecule has 0 spiro atoms. The van der Waals surface area contributed by atoms with Gasteiger partial charge in [0.1, 0.15) is 5.82 Å². The molecule has 1 aromatic rings. The second kappa shape index (κ2) is 6.68. The summed E-state index contributed by atoms with van der Waals surface area (Å²) in [6, 6.07) is 5.40. The number of halogens is 2. The second-order valence-corrected chi connectivity index (χ2v) is 8.65. The third-order valence-corrected chi connectivity index (χ3v) is 6.52. The number of hydrogen-bond donors (Lipinski definition) is 2. The number of nitrogens with one attached hydrogen (secondary N) is 2. The maximum atomic E-state index is 14.2. The molecule has 1 saturated heterocycles. The summed E-state index contributed by atoms with van der Waals surface area (Å²) in [7, 11) is 0. The molecule has 6 heteroatoms. The van der Waals surface area contributed by atoms with Gasteiger partial charge in [-0.15, -0.1) is 0 Å². The molecule has 0 amide bonds. The highest BCUT2D eigenvalue weighted by atomic mass is 35.5. The predicted octanol–water partition coefficient (Wildman–Crippen LogP) is 3.70. The van der Waals surface area contributed by atoms with Gasteiger partial charge in [0.2, 0.25) is 0 Å². The third kappa shape index (κ3) is 2.99. The maximum absolute atomic E-state index is 14.2. The average Bonchev–Trinajstić information content (AvgIpc) is 3.17. The fourth-order valence-corrected chi connectivity index (χ4v) is 5.07. The summed E-state index contributed by atoms with van der Waals surface area (Å²) in [6.45, 7) is 8.07. The van der Waals surface area contributed by atoms with Crippen molar-refractivity contribution in [3.8, 4) is 0 Å². The van der Waals surface area contributed by atoms with Gasteiger partial charge in [0.15, 0.2) is 5.96 Å². The molecule has 0 bridgehead atoms. The minimum atomic E-state index is -0.222. The number of nitrogens with zero attached hydrogens (tertiary/aromatic N) is 1. The first-order valence-electron chi connectivity index (χ1n) is 9.56. The van der Waals surface area contributed by atoms with Crippen molar-refractivity contribution < 1.29 is 9.13 Å². The van der Waals surface area contributed by atoms with Crippen LogP contribution in [0.3, 0.4) is 0 Å². The largest absolute Gasteiger partial charge is 0.377 e. The summed E-state index contributed by atoms with van der Waals surface area (Å²) in [6.07, 6.45) is 2.31. The van der Waals surface area contributed by atoms with E-state index in [0.29, 0.717) is 35.2 Å². The molecule has 0 radical (unpaired) electrons. The van der Waals surface area contributed by atoms with E-state index in [-0.39, 0.29) is 23.2 Å². The van der Waals surface area contributed by atoms with Gasteiger partial charge >= 0.3 is 0 Å². The normalized spacial score (nSPS) is 34.8. The summed E-state index contributed by atoms with van der Waals surface area (Å²) < 4.78 is 20.0. The van der Waals surface area contributed by atoms with E-state index in [2.05, 4.69) is 29.5 Å². The molecule has 4 rings (SSSR count). The number of fused-ring (bicyclic) bond motifs is 1. The Morgan fingerprint density at radius 3 is 2.92 bits per heavy atom. The van der Waals surface area contributed by atoms with Crippen LogP contribution < -0.4 is 10.6 Å². The fourth-order valence-electron chi connectivity index (χ4n) is 4.77. The van der Waals surface area contributed by atoms with E-state index >= 15 is 0 Å². The van der Waals surface area contributed by atoms with E-state index in [1.165, 1.54) is 6.07 Å². The number of hydrogen-bond acceptors (Lipinski definition) is 2. The zero-order valence-electron chi connectivity index (χ0n) is 15.6. The topological polar surface area (TPSA) is 45.7 Å². The van der Waals surface area contributed by atoms with Crippen molar-refractivity contribution in [2.75, 3.05) is 13.2 Å². The fraction of sp³-hybridized carbons (Fsp3) is 0.650. The Bertz CT molecular complexity index is 703. The molecule has 1 aliphatic heterocycles. The van der Waals surface area contributed by atoms with E-state index in [0.717, 1.165) is 25.4 Å². The Kier molecular flexibility index (Phi) is 4.64. The van der Waals surface area contributed by atoms with Crippen LogP contribution in [0.4, 0.5) is 4.39 Å². The van der Waals surface area contributed by atoms with Crippen molar-refractivity contribution >= 4 is 17.6 Å². The van der Waals surface area contributed by atoms with Gasteiger partial charge in [-0.05, 0) is 31.9 Å². The number of ether oxygens (including phenoxy) is 1. The molecular formula is C20H27ClFN3O. The van der Waals surface area contributed by atoms with Crippen molar-refractivity contribution in [1.82, 2.24) is 10.6 Å². The van der Waals surface area contributed by atoms with Crippen molar-refractivity contribution in [1.29, 1.82) is 0 Å². The molecule has 26 heavy (non-hydrogen) atoms. The highest BCUT2D eigenvalue weighted by Crippen LogP contribution is 2.52. The van der Waals surface area contributed by atoms with Gasteiger partial charge in [-0.25, -0.2) is 4.39 Å². The Balaban J connectivity index is 1.42. The SMILES string of the molecule is CCN=C(NC1CC1c1c(F)cccc1Cl)NC1C2CCOC2C1(C)C. The molecule has 4 nitrogen and oxygen atoms in total. The van der Waals surface area contributed by atoms with Crippen molar-refractivity contribution in [2.24, 2.45) is 16.3 Å². The molecule has 3 fully saturated rings. The number of aliphatic imine (C=N–C) groups is 1. The Morgan fingerprint density at radius 2 is 2.19 bits per heavy atom. The predicted molar refractivity (Wildman–Crippen MR) is 102 cm³/mol. The zero-order valence-corrected chi connectivity index (χ0v) is 16.3. The lowest BCUT2D eigenvalue weighted by atomic mass is 9.57. The van der Waals surface area contributed by atoms with Crippen molar-refractivity contribution in [2.45, 2.75) is 57.7 Å². The summed E-state index contributed by atoms with van der Waals surface area (Å²) in [5.41, 5.74) is 0.713. The standard InChI is InChI=1S/C20H27ClFN3O/c1-4-23-19(25-17-11-8-9-26-18(11)20(17,2)3)24-15-10-12(15)16-13(21)6-5-7-14(16)22/h5-7,11-12,15,17-18H,4,8-10H2,1-3H3,(H2,23,24,25). The first-order chi connectivity index (χ1) is 12.4. The smallest absolute Gasteiger partial charge is 0.191 e. The van der Waals surface area contributed by atoms with Crippen LogP contribution in [0, 0.1) is 17.2 Å². The Morgan fingerprint density at radius 1 is 1.38 bits per heavy atom. The summed E-state index contributed by atoms with van der Waals surface area (Å²) in [5.74, 6) is 1.24. The Hall–Kier alpha value is -1.33. The van der Waals surface area contributed by atoms with Crippen LogP contribution in [0.25, 0.3) is 0 Å². The number of rotatable bonds is 4. The minimum Gasteiger partial charge on any atom is -0.377 e. The first kappa shape index (κ1) is 18.1. The monoisotopic (exact) mass is 379 g/mol. The van der Waals surface area contributed by atoms with Gasteiger partial charge in [0.25, 0.3) is 0 Å². The van der Waals surface area contributed by atoms with Crippen LogP contribution in [0.15, 0.2) is 23.2 Å². The highest BCUT2D eigenvalue weighted by Gasteiger charge is 2.59. The van der Waals surface area contributed by atoms with Crippen LogP contribution >= 0.6 is 11.6 Å². The third-order valence-electron chi connectivity index (χ3n) is 6.19. The quantitative estimate of drug-likeness (QED) is 0.619. The van der Waals surface area contributed by atoms with E-state index in [1.54, 1.807) is 12.1 Å². The lowest BCUT2D eigenvalue weighted by molar-refractivity contribution is -0.106. The minimum absolute atomic E-state index is 0.0924. The highest BCUT2D eigenvalue weighted by molar-refractivity contribution is 6.31. The van der Waals surface area contributed by atoms with Crippen molar-refractivity contribution in [3.05, 3.63) is 34.6 Å². The van der Waals surface area contributed by atoms with E-state index < -0.39 is 0 Å². The number of guanidine groups is 1. The molecule has 1 aromatic carbocycles. The number of benzene rings is 1. The molecule has 142 valence electrons. The van der Waals surface area contributed by atoms with Crippen LogP contribution in [0.5, 0.6) is 0 Å². The van der Waals surface area contributed by atoms with E-state index in [9.17, 15) is 4.39 Å². The van der Waals surface area contributed by atoms with Crippen molar-refractivity contribution in [3.63, 3.8) is 0 Å². The summed E-state index contributed by atoms with van der Waals surface area (Å²) in [4.78, 5) is 4.61. The van der Waals surface area contributed by atoms with Gasteiger partial charge in [-0.2, -0.15) is 0 Å². The molecule has 3 aliphatic rings. The molecule has 2 saturated carbocycles. The Labute approximate surface area is 159 Å².